The van der Waals surface area contributed by atoms with Gasteiger partial charge in [-0.05, 0) is 53.1 Å². The molecule has 136 valence electrons. The summed E-state index contributed by atoms with van der Waals surface area (Å²) < 4.78 is 5.62. The Morgan fingerprint density at radius 1 is 1.04 bits per heavy atom. The second kappa shape index (κ2) is 7.11. The smallest absolute Gasteiger partial charge is 0.262 e. The van der Waals surface area contributed by atoms with Crippen molar-refractivity contribution < 1.29 is 14.3 Å². The predicted molar refractivity (Wildman–Crippen MR) is 106 cm³/mol. The number of amides is 2. The van der Waals surface area contributed by atoms with Crippen LogP contribution in [0, 0.1) is 0 Å². The van der Waals surface area contributed by atoms with Crippen LogP contribution in [0.4, 0.5) is 11.4 Å². The highest BCUT2D eigenvalue weighted by atomic mass is 16.5. The Morgan fingerprint density at radius 2 is 1.85 bits per heavy atom. The van der Waals surface area contributed by atoms with Crippen molar-refractivity contribution in [1.82, 2.24) is 0 Å². The average molecular weight is 360 g/mol. The number of fused-ring (bicyclic) bond motifs is 2. The number of benzene rings is 3. The van der Waals surface area contributed by atoms with E-state index in [0.717, 1.165) is 28.4 Å². The highest BCUT2D eigenvalue weighted by Crippen LogP contribution is 2.30. The summed E-state index contributed by atoms with van der Waals surface area (Å²) in [6, 6.07) is 19.4. The number of rotatable bonds is 4. The molecule has 3 aromatic rings. The molecule has 27 heavy (non-hydrogen) atoms. The zero-order valence-corrected chi connectivity index (χ0v) is 15.1. The third kappa shape index (κ3) is 3.62. The second-order valence-corrected chi connectivity index (χ2v) is 6.61. The Hall–Kier alpha value is -3.34. The van der Waals surface area contributed by atoms with Crippen LogP contribution in [-0.2, 0) is 16.0 Å². The molecule has 1 heterocycles. The summed E-state index contributed by atoms with van der Waals surface area (Å²) in [5.74, 6) is 0.480. The van der Waals surface area contributed by atoms with E-state index in [-0.39, 0.29) is 18.4 Å². The van der Waals surface area contributed by atoms with Crippen LogP contribution in [-0.4, -0.2) is 25.0 Å². The predicted octanol–water partition coefficient (Wildman–Crippen LogP) is 3.77. The zero-order chi connectivity index (χ0) is 18.8. The van der Waals surface area contributed by atoms with Crippen molar-refractivity contribution in [3.05, 3.63) is 66.2 Å². The van der Waals surface area contributed by atoms with Crippen LogP contribution < -0.4 is 15.0 Å². The normalized spacial score (nSPS) is 12.7. The Bertz CT molecular complexity index is 1030. The number of anilines is 2. The minimum absolute atomic E-state index is 0.0364. The van der Waals surface area contributed by atoms with E-state index in [4.69, 9.17) is 4.74 Å². The Balaban J connectivity index is 1.38. The van der Waals surface area contributed by atoms with Gasteiger partial charge < -0.3 is 15.0 Å². The minimum Gasteiger partial charge on any atom is -0.484 e. The van der Waals surface area contributed by atoms with Gasteiger partial charge in [0.05, 0.1) is 0 Å². The van der Waals surface area contributed by atoms with Gasteiger partial charge >= 0.3 is 0 Å². The maximum absolute atomic E-state index is 12.2. The van der Waals surface area contributed by atoms with E-state index in [1.165, 1.54) is 0 Å². The van der Waals surface area contributed by atoms with Crippen molar-refractivity contribution in [2.45, 2.75) is 13.3 Å². The summed E-state index contributed by atoms with van der Waals surface area (Å²) in [5, 5.41) is 5.06. The van der Waals surface area contributed by atoms with Crippen LogP contribution in [0.3, 0.4) is 0 Å². The lowest BCUT2D eigenvalue weighted by molar-refractivity contribution is -0.118. The van der Waals surface area contributed by atoms with Gasteiger partial charge in [0.15, 0.2) is 6.61 Å². The summed E-state index contributed by atoms with van der Waals surface area (Å²) in [6.45, 7) is 2.19. The molecule has 5 heteroatoms. The lowest BCUT2D eigenvalue weighted by Crippen LogP contribution is -2.25. The molecular formula is C22H20N2O3. The van der Waals surface area contributed by atoms with Gasteiger partial charge in [0.2, 0.25) is 5.91 Å². The third-order valence-corrected chi connectivity index (χ3v) is 4.73. The topological polar surface area (TPSA) is 58.6 Å². The summed E-state index contributed by atoms with van der Waals surface area (Å²) in [5.41, 5.74) is 2.71. The molecule has 0 saturated heterocycles. The monoisotopic (exact) mass is 360 g/mol. The Morgan fingerprint density at radius 3 is 2.67 bits per heavy atom. The van der Waals surface area contributed by atoms with Crippen LogP contribution in [0.1, 0.15) is 12.5 Å². The van der Waals surface area contributed by atoms with Crippen molar-refractivity contribution in [2.24, 2.45) is 0 Å². The van der Waals surface area contributed by atoms with Crippen LogP contribution in [0.15, 0.2) is 60.7 Å². The highest BCUT2D eigenvalue weighted by Gasteiger charge is 2.22. The van der Waals surface area contributed by atoms with E-state index < -0.39 is 0 Å². The average Bonchev–Trinajstić information content (AvgIpc) is 3.10. The number of carbonyl (C=O) groups excluding carboxylic acids is 2. The Labute approximate surface area is 157 Å². The van der Waals surface area contributed by atoms with Crippen LogP contribution in [0.2, 0.25) is 0 Å². The lowest BCUT2D eigenvalue weighted by Gasteiger charge is -2.15. The molecule has 0 unspecified atom stereocenters. The molecule has 0 radical (unpaired) electrons. The van der Waals surface area contributed by atoms with E-state index >= 15 is 0 Å². The fourth-order valence-electron chi connectivity index (χ4n) is 3.41. The molecule has 1 aliphatic rings. The van der Waals surface area contributed by atoms with Crippen LogP contribution in [0.5, 0.6) is 5.75 Å². The number of hydrogen-bond acceptors (Lipinski definition) is 3. The molecule has 0 saturated carbocycles. The third-order valence-electron chi connectivity index (χ3n) is 4.73. The molecule has 0 aromatic heterocycles. The fourth-order valence-corrected chi connectivity index (χ4v) is 3.41. The van der Waals surface area contributed by atoms with Crippen molar-refractivity contribution in [2.75, 3.05) is 23.4 Å². The second-order valence-electron chi connectivity index (χ2n) is 6.61. The zero-order valence-electron chi connectivity index (χ0n) is 15.1. The number of carbonyl (C=O) groups is 2. The van der Waals surface area contributed by atoms with Crippen molar-refractivity contribution >= 4 is 34.0 Å². The number of hydrogen-bond donors (Lipinski definition) is 1. The summed E-state index contributed by atoms with van der Waals surface area (Å²) >= 11 is 0. The molecule has 0 aliphatic carbocycles. The summed E-state index contributed by atoms with van der Waals surface area (Å²) in [6.07, 6.45) is 0.798. The molecule has 1 N–H and O–H groups in total. The number of nitrogens with zero attached hydrogens (tertiary/aromatic N) is 1. The molecule has 5 nitrogen and oxygen atoms in total. The van der Waals surface area contributed by atoms with Crippen LogP contribution in [0.25, 0.3) is 10.8 Å². The van der Waals surface area contributed by atoms with Gasteiger partial charge in [-0.2, -0.15) is 0 Å². The SMILES string of the molecule is CC(=O)N1CCc2cc(NC(=O)COc3ccc4ccccc4c3)ccc21. The largest absolute Gasteiger partial charge is 0.484 e. The first-order valence-electron chi connectivity index (χ1n) is 8.93. The number of nitrogens with one attached hydrogen (secondary N) is 1. The van der Waals surface area contributed by atoms with Crippen molar-refractivity contribution in [3.8, 4) is 5.75 Å². The molecular weight excluding hydrogens is 340 g/mol. The maximum Gasteiger partial charge on any atom is 0.262 e. The number of ether oxygens (including phenoxy) is 1. The van der Waals surface area contributed by atoms with Gasteiger partial charge in [0, 0.05) is 24.8 Å². The van der Waals surface area contributed by atoms with Gasteiger partial charge in [0.1, 0.15) is 5.75 Å². The first-order valence-corrected chi connectivity index (χ1v) is 8.93. The van der Waals surface area contributed by atoms with E-state index in [1.807, 2.05) is 60.7 Å². The molecule has 4 rings (SSSR count). The van der Waals surface area contributed by atoms with Crippen molar-refractivity contribution in [1.29, 1.82) is 0 Å². The van der Waals surface area contributed by atoms with E-state index in [2.05, 4.69) is 5.32 Å². The molecule has 0 atom stereocenters. The molecule has 2 amide bonds. The first-order chi connectivity index (χ1) is 13.1. The maximum atomic E-state index is 12.2. The molecule has 0 fully saturated rings. The van der Waals surface area contributed by atoms with E-state index in [9.17, 15) is 9.59 Å². The van der Waals surface area contributed by atoms with Gasteiger partial charge in [-0.25, -0.2) is 0 Å². The quantitative estimate of drug-likeness (QED) is 0.771. The van der Waals surface area contributed by atoms with Crippen LogP contribution >= 0.6 is 0 Å². The van der Waals surface area contributed by atoms with Gasteiger partial charge in [-0.1, -0.05) is 30.3 Å². The molecule has 0 spiro atoms. The minimum atomic E-state index is -0.218. The first kappa shape index (κ1) is 17.1. The van der Waals surface area contributed by atoms with Crippen molar-refractivity contribution in [3.63, 3.8) is 0 Å². The van der Waals surface area contributed by atoms with Gasteiger partial charge in [-0.3, -0.25) is 9.59 Å². The molecule has 3 aromatic carbocycles. The lowest BCUT2D eigenvalue weighted by atomic mass is 10.1. The summed E-state index contributed by atoms with van der Waals surface area (Å²) in [4.78, 5) is 25.6. The Kier molecular flexibility index (Phi) is 4.50. The van der Waals surface area contributed by atoms with E-state index in [1.54, 1.807) is 11.8 Å². The fraction of sp³-hybridized carbons (Fsp3) is 0.182. The summed E-state index contributed by atoms with van der Waals surface area (Å²) in [7, 11) is 0. The van der Waals surface area contributed by atoms with E-state index in [0.29, 0.717) is 18.0 Å². The van der Waals surface area contributed by atoms with Gasteiger partial charge in [0.25, 0.3) is 5.91 Å². The molecule has 0 bridgehead atoms. The highest BCUT2D eigenvalue weighted by molar-refractivity contribution is 5.96. The molecule has 1 aliphatic heterocycles. The standard InChI is InChI=1S/C22H20N2O3/c1-15(25)24-11-10-18-12-19(7-9-21(18)24)23-22(26)14-27-20-8-6-16-4-2-3-5-17(16)13-20/h2-9,12-13H,10-11,14H2,1H3,(H,23,26). The van der Waals surface area contributed by atoms with Gasteiger partial charge in [-0.15, -0.1) is 0 Å².